The molecule has 1 aromatic carbocycles. The topological polar surface area (TPSA) is 77.5 Å². The van der Waals surface area contributed by atoms with E-state index in [9.17, 15) is 4.79 Å². The predicted octanol–water partition coefficient (Wildman–Crippen LogP) is 2.08. The van der Waals surface area contributed by atoms with E-state index in [1.54, 1.807) is 6.20 Å². The number of anilines is 3. The van der Waals surface area contributed by atoms with Crippen molar-refractivity contribution in [2.75, 3.05) is 35.7 Å². The van der Waals surface area contributed by atoms with Gasteiger partial charge >= 0.3 is 0 Å². The Balaban J connectivity index is 1.89. The van der Waals surface area contributed by atoms with Crippen LogP contribution in [-0.2, 0) is 11.3 Å². The number of hydrogen-bond donors (Lipinski definition) is 3. The summed E-state index contributed by atoms with van der Waals surface area (Å²) < 4.78 is 0. The van der Waals surface area contributed by atoms with Gasteiger partial charge in [0.1, 0.15) is 5.82 Å². The molecule has 0 atom stereocenters. The second-order valence-corrected chi connectivity index (χ2v) is 5.28. The molecule has 1 amide bonds. The van der Waals surface area contributed by atoms with Crippen LogP contribution in [0.3, 0.4) is 0 Å². The first kappa shape index (κ1) is 16.8. The SMILES string of the molecule is CC(=O)Nc1ccc(CNc2ccc(N(C)CCO)cn2)cc1. The van der Waals surface area contributed by atoms with Crippen molar-refractivity contribution < 1.29 is 9.90 Å². The molecule has 1 aromatic heterocycles. The maximum absolute atomic E-state index is 11.0. The number of nitrogens with zero attached hydrogens (tertiary/aromatic N) is 2. The van der Waals surface area contributed by atoms with Crippen LogP contribution in [0.1, 0.15) is 12.5 Å². The summed E-state index contributed by atoms with van der Waals surface area (Å²) in [6.07, 6.45) is 1.78. The third-order valence-electron chi connectivity index (χ3n) is 3.37. The molecule has 23 heavy (non-hydrogen) atoms. The zero-order valence-corrected chi connectivity index (χ0v) is 13.4. The minimum atomic E-state index is -0.0775. The van der Waals surface area contributed by atoms with Crippen molar-refractivity contribution in [1.82, 2.24) is 4.98 Å². The summed E-state index contributed by atoms with van der Waals surface area (Å²) in [4.78, 5) is 17.3. The van der Waals surface area contributed by atoms with Gasteiger partial charge in [0.15, 0.2) is 0 Å². The predicted molar refractivity (Wildman–Crippen MR) is 92.7 cm³/mol. The van der Waals surface area contributed by atoms with Gasteiger partial charge in [-0.15, -0.1) is 0 Å². The number of nitrogens with one attached hydrogen (secondary N) is 2. The Morgan fingerprint density at radius 2 is 1.96 bits per heavy atom. The number of amides is 1. The first-order valence-corrected chi connectivity index (χ1v) is 7.47. The molecule has 3 N–H and O–H groups in total. The number of rotatable bonds is 7. The van der Waals surface area contributed by atoms with Crippen molar-refractivity contribution in [2.24, 2.45) is 0 Å². The van der Waals surface area contributed by atoms with Gasteiger partial charge < -0.3 is 20.6 Å². The fraction of sp³-hybridized carbons (Fsp3) is 0.294. The number of carbonyl (C=O) groups is 1. The van der Waals surface area contributed by atoms with E-state index in [4.69, 9.17) is 5.11 Å². The van der Waals surface area contributed by atoms with Gasteiger partial charge in [-0.05, 0) is 29.8 Å². The van der Waals surface area contributed by atoms with Crippen LogP contribution in [0.25, 0.3) is 0 Å². The molecule has 122 valence electrons. The van der Waals surface area contributed by atoms with E-state index in [2.05, 4.69) is 15.6 Å². The molecule has 0 bridgehead atoms. The van der Waals surface area contributed by atoms with Crippen LogP contribution < -0.4 is 15.5 Å². The van der Waals surface area contributed by atoms with Crippen molar-refractivity contribution in [3.05, 3.63) is 48.2 Å². The van der Waals surface area contributed by atoms with Gasteiger partial charge in [0.05, 0.1) is 18.5 Å². The summed E-state index contributed by atoms with van der Waals surface area (Å²) in [5.41, 5.74) is 2.85. The van der Waals surface area contributed by atoms with E-state index >= 15 is 0 Å². The molecule has 0 saturated heterocycles. The fourth-order valence-electron chi connectivity index (χ4n) is 2.10. The lowest BCUT2D eigenvalue weighted by Gasteiger charge is -2.17. The molecule has 1 heterocycles. The van der Waals surface area contributed by atoms with Crippen LogP contribution in [0.4, 0.5) is 17.2 Å². The quantitative estimate of drug-likeness (QED) is 0.729. The Labute approximate surface area is 136 Å². The van der Waals surface area contributed by atoms with Crippen molar-refractivity contribution in [1.29, 1.82) is 0 Å². The maximum atomic E-state index is 11.0. The molecule has 0 radical (unpaired) electrons. The number of carbonyl (C=O) groups excluding carboxylic acids is 1. The second-order valence-electron chi connectivity index (χ2n) is 5.28. The molecule has 0 spiro atoms. The van der Waals surface area contributed by atoms with Crippen LogP contribution in [-0.4, -0.2) is 36.2 Å². The zero-order valence-electron chi connectivity index (χ0n) is 13.4. The highest BCUT2D eigenvalue weighted by molar-refractivity contribution is 5.88. The highest BCUT2D eigenvalue weighted by Gasteiger charge is 2.01. The Bertz CT molecular complexity index is 626. The monoisotopic (exact) mass is 314 g/mol. The van der Waals surface area contributed by atoms with Gasteiger partial charge in [0.25, 0.3) is 0 Å². The van der Waals surface area contributed by atoms with Crippen LogP contribution in [0.5, 0.6) is 0 Å². The van der Waals surface area contributed by atoms with E-state index in [-0.39, 0.29) is 12.5 Å². The minimum Gasteiger partial charge on any atom is -0.395 e. The Hall–Kier alpha value is -2.60. The number of benzene rings is 1. The number of likely N-dealkylation sites (N-methyl/N-ethyl adjacent to an activating group) is 1. The average Bonchev–Trinajstić information content (AvgIpc) is 2.54. The highest BCUT2D eigenvalue weighted by Crippen LogP contribution is 2.15. The fourth-order valence-corrected chi connectivity index (χ4v) is 2.10. The Morgan fingerprint density at radius 3 is 2.52 bits per heavy atom. The molecule has 2 aromatic rings. The molecular formula is C17H22N4O2. The number of pyridine rings is 1. The summed E-state index contributed by atoms with van der Waals surface area (Å²) in [6, 6.07) is 11.5. The molecular weight excluding hydrogens is 292 g/mol. The summed E-state index contributed by atoms with van der Waals surface area (Å²) in [5, 5.41) is 14.9. The normalized spacial score (nSPS) is 10.2. The molecule has 0 unspecified atom stereocenters. The van der Waals surface area contributed by atoms with E-state index in [0.717, 1.165) is 22.8 Å². The Kier molecular flexibility index (Phi) is 5.94. The van der Waals surface area contributed by atoms with Crippen LogP contribution in [0.2, 0.25) is 0 Å². The average molecular weight is 314 g/mol. The lowest BCUT2D eigenvalue weighted by molar-refractivity contribution is -0.114. The van der Waals surface area contributed by atoms with E-state index < -0.39 is 0 Å². The van der Waals surface area contributed by atoms with E-state index in [1.165, 1.54) is 6.92 Å². The maximum Gasteiger partial charge on any atom is 0.221 e. The zero-order chi connectivity index (χ0) is 16.7. The van der Waals surface area contributed by atoms with E-state index in [1.807, 2.05) is 48.3 Å². The van der Waals surface area contributed by atoms with Gasteiger partial charge in [-0.3, -0.25) is 4.79 Å². The third kappa shape index (κ3) is 5.27. The highest BCUT2D eigenvalue weighted by atomic mass is 16.3. The standard InChI is InChI=1S/C17H22N4O2/c1-13(23)20-15-5-3-14(4-6-15)11-18-17-8-7-16(12-19-17)21(2)9-10-22/h3-8,12,22H,9-11H2,1-2H3,(H,18,19)(H,20,23). The first-order valence-electron chi connectivity index (χ1n) is 7.47. The lowest BCUT2D eigenvalue weighted by atomic mass is 10.2. The molecule has 2 rings (SSSR count). The van der Waals surface area contributed by atoms with Gasteiger partial charge in [0, 0.05) is 32.7 Å². The second kappa shape index (κ2) is 8.14. The number of aliphatic hydroxyl groups is 1. The van der Waals surface area contributed by atoms with Crippen LogP contribution >= 0.6 is 0 Å². The minimum absolute atomic E-state index is 0.0775. The van der Waals surface area contributed by atoms with Crippen LogP contribution in [0, 0.1) is 0 Å². The Morgan fingerprint density at radius 1 is 1.22 bits per heavy atom. The third-order valence-corrected chi connectivity index (χ3v) is 3.37. The molecule has 0 aliphatic heterocycles. The van der Waals surface area contributed by atoms with Gasteiger partial charge in [-0.25, -0.2) is 4.98 Å². The number of aromatic nitrogens is 1. The first-order chi connectivity index (χ1) is 11.1. The molecule has 6 heteroatoms. The molecule has 0 fully saturated rings. The number of aliphatic hydroxyl groups excluding tert-OH is 1. The summed E-state index contributed by atoms with van der Waals surface area (Å²) in [6.45, 7) is 2.84. The van der Waals surface area contributed by atoms with Crippen LogP contribution in [0.15, 0.2) is 42.6 Å². The molecule has 0 saturated carbocycles. The largest absolute Gasteiger partial charge is 0.395 e. The molecule has 6 nitrogen and oxygen atoms in total. The van der Waals surface area contributed by atoms with Crippen molar-refractivity contribution in [3.8, 4) is 0 Å². The van der Waals surface area contributed by atoms with Gasteiger partial charge in [-0.1, -0.05) is 12.1 Å². The van der Waals surface area contributed by atoms with Gasteiger partial charge in [0.2, 0.25) is 5.91 Å². The number of hydrogen-bond acceptors (Lipinski definition) is 5. The lowest BCUT2D eigenvalue weighted by Crippen LogP contribution is -2.21. The van der Waals surface area contributed by atoms with E-state index in [0.29, 0.717) is 13.1 Å². The van der Waals surface area contributed by atoms with Gasteiger partial charge in [-0.2, -0.15) is 0 Å². The van der Waals surface area contributed by atoms with Crippen molar-refractivity contribution >= 4 is 23.1 Å². The summed E-state index contributed by atoms with van der Waals surface area (Å²) >= 11 is 0. The van der Waals surface area contributed by atoms with Crippen molar-refractivity contribution in [3.63, 3.8) is 0 Å². The molecule has 0 aliphatic carbocycles. The summed E-state index contributed by atoms with van der Waals surface area (Å²) in [5.74, 6) is 0.711. The molecule has 0 aliphatic rings. The smallest absolute Gasteiger partial charge is 0.221 e. The van der Waals surface area contributed by atoms with Crippen molar-refractivity contribution in [2.45, 2.75) is 13.5 Å². The summed E-state index contributed by atoms with van der Waals surface area (Å²) in [7, 11) is 1.91.